The van der Waals surface area contributed by atoms with Crippen LogP contribution in [0.5, 0.6) is 0 Å². The molecule has 0 atom stereocenters. The molecule has 0 fully saturated rings. The van der Waals surface area contributed by atoms with Crippen molar-refractivity contribution < 1.29 is 4.42 Å². The van der Waals surface area contributed by atoms with Crippen LogP contribution in [0.4, 0.5) is 0 Å². The summed E-state index contributed by atoms with van der Waals surface area (Å²) in [6, 6.07) is 2.10. The van der Waals surface area contributed by atoms with E-state index < -0.39 is 0 Å². The molecule has 0 unspecified atom stereocenters. The highest BCUT2D eigenvalue weighted by atomic mass is 16.3. The number of rotatable bonds is 2. The highest BCUT2D eigenvalue weighted by Crippen LogP contribution is 2.30. The van der Waals surface area contributed by atoms with Gasteiger partial charge in [0.2, 0.25) is 0 Å². The van der Waals surface area contributed by atoms with E-state index in [1.807, 2.05) is 6.26 Å². The lowest BCUT2D eigenvalue weighted by molar-refractivity contribution is 0.494. The standard InChI is InChI=1S/C15H20O/c1-11-6-5-7-12(11)10-14-13(8-9-16-14)15(2,3)4/h5,7-9H,6,10H2,1-4H3. The smallest absolute Gasteiger partial charge is 0.111 e. The van der Waals surface area contributed by atoms with Gasteiger partial charge in [-0.05, 0) is 36.0 Å². The van der Waals surface area contributed by atoms with Crippen molar-refractivity contribution in [3.63, 3.8) is 0 Å². The fourth-order valence-electron chi connectivity index (χ4n) is 2.18. The molecule has 0 saturated heterocycles. The highest BCUT2D eigenvalue weighted by Gasteiger charge is 2.21. The van der Waals surface area contributed by atoms with E-state index in [-0.39, 0.29) is 5.41 Å². The lowest BCUT2D eigenvalue weighted by atomic mass is 9.86. The maximum Gasteiger partial charge on any atom is 0.111 e. The van der Waals surface area contributed by atoms with Crippen LogP contribution in [-0.2, 0) is 11.8 Å². The summed E-state index contributed by atoms with van der Waals surface area (Å²) in [6.45, 7) is 8.89. The molecule has 16 heavy (non-hydrogen) atoms. The first-order valence-corrected chi connectivity index (χ1v) is 5.90. The molecule has 0 aliphatic heterocycles. The van der Waals surface area contributed by atoms with Gasteiger partial charge in [-0.2, -0.15) is 0 Å². The van der Waals surface area contributed by atoms with Crippen LogP contribution in [0, 0.1) is 0 Å². The summed E-state index contributed by atoms with van der Waals surface area (Å²) in [5, 5.41) is 0. The number of allylic oxidation sites excluding steroid dienone is 4. The van der Waals surface area contributed by atoms with Gasteiger partial charge in [-0.3, -0.25) is 0 Å². The van der Waals surface area contributed by atoms with Crippen LogP contribution < -0.4 is 0 Å². The average molecular weight is 216 g/mol. The van der Waals surface area contributed by atoms with Gasteiger partial charge in [0.05, 0.1) is 6.26 Å². The predicted molar refractivity (Wildman–Crippen MR) is 67.6 cm³/mol. The Balaban J connectivity index is 2.26. The van der Waals surface area contributed by atoms with Gasteiger partial charge >= 0.3 is 0 Å². The molecule has 0 spiro atoms. The van der Waals surface area contributed by atoms with E-state index in [0.717, 1.165) is 18.6 Å². The van der Waals surface area contributed by atoms with Gasteiger partial charge in [0.1, 0.15) is 5.76 Å². The highest BCUT2D eigenvalue weighted by molar-refractivity contribution is 5.38. The van der Waals surface area contributed by atoms with Crippen LogP contribution in [-0.4, -0.2) is 0 Å². The number of furan rings is 1. The van der Waals surface area contributed by atoms with E-state index in [4.69, 9.17) is 4.42 Å². The Morgan fingerprint density at radius 3 is 2.62 bits per heavy atom. The Kier molecular flexibility index (Phi) is 2.79. The molecule has 1 aliphatic carbocycles. The molecule has 0 bridgehead atoms. The van der Waals surface area contributed by atoms with Crippen LogP contribution in [0.2, 0.25) is 0 Å². The molecule has 1 nitrogen and oxygen atoms in total. The molecule has 0 radical (unpaired) electrons. The minimum absolute atomic E-state index is 0.166. The summed E-state index contributed by atoms with van der Waals surface area (Å²) in [4.78, 5) is 0. The first-order chi connectivity index (χ1) is 7.48. The van der Waals surface area contributed by atoms with E-state index in [1.54, 1.807) is 0 Å². The second-order valence-electron chi connectivity index (χ2n) is 5.60. The summed E-state index contributed by atoms with van der Waals surface area (Å²) < 4.78 is 5.63. The minimum Gasteiger partial charge on any atom is -0.469 e. The van der Waals surface area contributed by atoms with Crippen LogP contribution >= 0.6 is 0 Å². The zero-order chi connectivity index (χ0) is 11.8. The van der Waals surface area contributed by atoms with E-state index in [0.29, 0.717) is 0 Å². The third-order valence-electron chi connectivity index (χ3n) is 3.20. The third kappa shape index (κ3) is 2.13. The molecular weight excluding hydrogens is 196 g/mol. The quantitative estimate of drug-likeness (QED) is 0.714. The van der Waals surface area contributed by atoms with Crippen LogP contribution in [0.3, 0.4) is 0 Å². The van der Waals surface area contributed by atoms with Crippen molar-refractivity contribution in [3.8, 4) is 0 Å². The summed E-state index contributed by atoms with van der Waals surface area (Å²) >= 11 is 0. The average Bonchev–Trinajstić information content (AvgIpc) is 2.76. The normalized spacial score (nSPS) is 16.2. The maximum atomic E-state index is 5.63. The van der Waals surface area contributed by atoms with Gasteiger partial charge in [-0.1, -0.05) is 38.5 Å². The molecule has 1 aromatic rings. The van der Waals surface area contributed by atoms with Crippen molar-refractivity contribution in [1.29, 1.82) is 0 Å². The molecule has 86 valence electrons. The summed E-state index contributed by atoms with van der Waals surface area (Å²) in [5.74, 6) is 1.12. The van der Waals surface area contributed by atoms with Crippen molar-refractivity contribution in [1.82, 2.24) is 0 Å². The van der Waals surface area contributed by atoms with Crippen molar-refractivity contribution in [2.75, 3.05) is 0 Å². The predicted octanol–water partition coefficient (Wildman–Crippen LogP) is 4.40. The zero-order valence-electron chi connectivity index (χ0n) is 10.6. The monoisotopic (exact) mass is 216 g/mol. The molecule has 0 amide bonds. The fraction of sp³-hybridized carbons (Fsp3) is 0.467. The van der Waals surface area contributed by atoms with Crippen molar-refractivity contribution in [3.05, 3.63) is 47.0 Å². The van der Waals surface area contributed by atoms with E-state index >= 15 is 0 Å². The van der Waals surface area contributed by atoms with Crippen molar-refractivity contribution in [2.24, 2.45) is 0 Å². The van der Waals surface area contributed by atoms with E-state index in [1.165, 1.54) is 16.7 Å². The van der Waals surface area contributed by atoms with Gasteiger partial charge < -0.3 is 4.42 Å². The zero-order valence-corrected chi connectivity index (χ0v) is 10.6. The molecule has 1 heteroatoms. The second-order valence-corrected chi connectivity index (χ2v) is 5.60. The molecule has 0 aromatic carbocycles. The fourth-order valence-corrected chi connectivity index (χ4v) is 2.18. The molecule has 0 N–H and O–H groups in total. The molecule has 1 aromatic heterocycles. The van der Waals surface area contributed by atoms with Gasteiger partial charge in [-0.15, -0.1) is 0 Å². The minimum atomic E-state index is 0.166. The topological polar surface area (TPSA) is 13.1 Å². The molecule has 1 aliphatic rings. The van der Waals surface area contributed by atoms with Gasteiger partial charge in [0.15, 0.2) is 0 Å². The largest absolute Gasteiger partial charge is 0.469 e. The third-order valence-corrected chi connectivity index (χ3v) is 3.20. The molecular formula is C15H20O. The van der Waals surface area contributed by atoms with Gasteiger partial charge in [0, 0.05) is 6.42 Å². The first-order valence-electron chi connectivity index (χ1n) is 5.90. The van der Waals surface area contributed by atoms with Crippen molar-refractivity contribution >= 4 is 0 Å². The van der Waals surface area contributed by atoms with Crippen LogP contribution in [0.15, 0.2) is 40.0 Å². The first kappa shape index (κ1) is 11.3. The van der Waals surface area contributed by atoms with Gasteiger partial charge in [0.25, 0.3) is 0 Å². The van der Waals surface area contributed by atoms with E-state index in [2.05, 4.69) is 45.9 Å². The Bertz CT molecular complexity index is 438. The Morgan fingerprint density at radius 1 is 1.31 bits per heavy atom. The Hall–Kier alpha value is -1.24. The maximum absolute atomic E-state index is 5.63. The van der Waals surface area contributed by atoms with Crippen molar-refractivity contribution in [2.45, 2.75) is 46.0 Å². The summed E-state index contributed by atoms with van der Waals surface area (Å²) in [6.07, 6.45) is 8.29. The Morgan fingerprint density at radius 2 is 2.06 bits per heavy atom. The number of hydrogen-bond acceptors (Lipinski definition) is 1. The lowest BCUT2D eigenvalue weighted by Gasteiger charge is -2.18. The summed E-state index contributed by atoms with van der Waals surface area (Å²) in [7, 11) is 0. The van der Waals surface area contributed by atoms with Gasteiger partial charge in [-0.25, -0.2) is 0 Å². The SMILES string of the molecule is CC1=C(Cc2occc2C(C)(C)C)C=CC1. The Labute approximate surface area is 97.9 Å². The molecule has 1 heterocycles. The van der Waals surface area contributed by atoms with Crippen LogP contribution in [0.25, 0.3) is 0 Å². The van der Waals surface area contributed by atoms with Crippen LogP contribution in [0.1, 0.15) is 45.4 Å². The number of hydrogen-bond donors (Lipinski definition) is 0. The second kappa shape index (κ2) is 3.97. The lowest BCUT2D eigenvalue weighted by Crippen LogP contribution is -2.12. The molecule has 0 saturated carbocycles. The summed E-state index contributed by atoms with van der Waals surface area (Å²) in [5.41, 5.74) is 4.38. The van der Waals surface area contributed by atoms with E-state index in [9.17, 15) is 0 Å². The molecule has 2 rings (SSSR count).